The van der Waals surface area contributed by atoms with Crippen LogP contribution in [0.5, 0.6) is 0 Å². The Morgan fingerprint density at radius 1 is 1.65 bits per heavy atom. The van der Waals surface area contributed by atoms with Gasteiger partial charge in [0.2, 0.25) is 0 Å². The minimum absolute atomic E-state index is 0.00184. The number of rotatable bonds is 5. The van der Waals surface area contributed by atoms with Gasteiger partial charge in [0.25, 0.3) is 10.0 Å². The molecule has 0 aliphatic carbocycles. The molecule has 1 aromatic rings. The van der Waals surface area contributed by atoms with E-state index in [9.17, 15) is 8.42 Å². The van der Waals surface area contributed by atoms with Gasteiger partial charge in [-0.15, -0.1) is 0 Å². The highest BCUT2D eigenvalue weighted by atomic mass is 32.2. The van der Waals surface area contributed by atoms with Crippen LogP contribution in [-0.4, -0.2) is 24.5 Å². The first-order valence-electron chi connectivity index (χ1n) is 5.33. The van der Waals surface area contributed by atoms with E-state index in [-0.39, 0.29) is 17.5 Å². The Balaban J connectivity index is 2.87. The predicted octanol–water partition coefficient (Wildman–Crippen LogP) is 0.649. The fourth-order valence-corrected chi connectivity index (χ4v) is 2.42. The summed E-state index contributed by atoms with van der Waals surface area (Å²) in [4.78, 5) is 3.99. The van der Waals surface area contributed by atoms with Gasteiger partial charge in [-0.25, -0.2) is 18.1 Å². The number of aromatic nitrogens is 2. The lowest BCUT2D eigenvalue weighted by Gasteiger charge is -2.04. The van der Waals surface area contributed by atoms with Gasteiger partial charge in [0.1, 0.15) is 5.82 Å². The van der Waals surface area contributed by atoms with Crippen LogP contribution in [0.3, 0.4) is 0 Å². The maximum atomic E-state index is 11.8. The van der Waals surface area contributed by atoms with Crippen molar-refractivity contribution >= 4 is 10.0 Å². The predicted molar refractivity (Wildman–Crippen MR) is 62.6 cm³/mol. The van der Waals surface area contributed by atoms with E-state index in [1.807, 2.05) is 13.0 Å². The number of hydrogen-bond acceptors (Lipinski definition) is 4. The van der Waals surface area contributed by atoms with E-state index in [2.05, 4.69) is 9.71 Å². The lowest BCUT2D eigenvalue weighted by atomic mass is 10.2. The highest BCUT2D eigenvalue weighted by Gasteiger charge is 2.19. The molecule has 0 aliphatic rings. The van der Waals surface area contributed by atoms with Crippen molar-refractivity contribution in [3.63, 3.8) is 0 Å². The SMILES string of the molecule is CCn1cc(S(=O)(=O)NCC(C)C#N)nc1C. The smallest absolute Gasteiger partial charge is 0.259 e. The third-order valence-electron chi connectivity index (χ3n) is 2.37. The van der Waals surface area contributed by atoms with E-state index < -0.39 is 10.0 Å². The maximum Gasteiger partial charge on any atom is 0.259 e. The van der Waals surface area contributed by atoms with E-state index in [1.165, 1.54) is 6.20 Å². The summed E-state index contributed by atoms with van der Waals surface area (Å²) in [6.07, 6.45) is 1.49. The summed E-state index contributed by atoms with van der Waals surface area (Å²) in [6.45, 7) is 6.08. The first-order valence-corrected chi connectivity index (χ1v) is 6.82. The van der Waals surface area contributed by atoms with Crippen molar-refractivity contribution in [1.82, 2.24) is 14.3 Å². The van der Waals surface area contributed by atoms with Gasteiger partial charge >= 0.3 is 0 Å². The Labute approximate surface area is 101 Å². The Morgan fingerprint density at radius 2 is 2.29 bits per heavy atom. The Bertz CT molecular complexity index is 527. The fraction of sp³-hybridized carbons (Fsp3) is 0.600. The lowest BCUT2D eigenvalue weighted by molar-refractivity contribution is 0.569. The molecule has 94 valence electrons. The van der Waals surface area contributed by atoms with Gasteiger partial charge in [0, 0.05) is 19.3 Å². The second-order valence-corrected chi connectivity index (χ2v) is 5.51. The highest BCUT2D eigenvalue weighted by molar-refractivity contribution is 7.89. The van der Waals surface area contributed by atoms with E-state index in [0.29, 0.717) is 12.4 Å². The minimum Gasteiger partial charge on any atom is -0.334 e. The fourth-order valence-electron chi connectivity index (χ4n) is 1.28. The molecule has 0 aromatic carbocycles. The second-order valence-electron chi connectivity index (χ2n) is 3.79. The van der Waals surface area contributed by atoms with Crippen molar-refractivity contribution in [1.29, 1.82) is 5.26 Å². The van der Waals surface area contributed by atoms with Gasteiger partial charge in [-0.1, -0.05) is 0 Å². The van der Waals surface area contributed by atoms with Gasteiger partial charge in [-0.2, -0.15) is 5.26 Å². The molecular weight excluding hydrogens is 240 g/mol. The van der Waals surface area contributed by atoms with Crippen LogP contribution in [-0.2, 0) is 16.6 Å². The second kappa shape index (κ2) is 5.29. The topological polar surface area (TPSA) is 87.8 Å². The van der Waals surface area contributed by atoms with Crippen LogP contribution in [0, 0.1) is 24.2 Å². The van der Waals surface area contributed by atoms with Gasteiger partial charge in [-0.3, -0.25) is 0 Å². The molecule has 1 aromatic heterocycles. The zero-order valence-corrected chi connectivity index (χ0v) is 11.0. The average Bonchev–Trinajstić information content (AvgIpc) is 2.68. The molecule has 1 unspecified atom stereocenters. The van der Waals surface area contributed by atoms with Crippen LogP contribution in [0.1, 0.15) is 19.7 Å². The van der Waals surface area contributed by atoms with Crippen LogP contribution < -0.4 is 4.72 Å². The third-order valence-corrected chi connectivity index (χ3v) is 3.66. The molecule has 7 heteroatoms. The number of nitrogens with one attached hydrogen (secondary N) is 1. The summed E-state index contributed by atoms with van der Waals surface area (Å²) in [5.41, 5.74) is 0. The van der Waals surface area contributed by atoms with Crippen molar-refractivity contribution in [2.75, 3.05) is 6.54 Å². The molecule has 1 atom stereocenters. The number of sulfonamides is 1. The molecule has 0 saturated carbocycles. The van der Waals surface area contributed by atoms with Crippen molar-refractivity contribution in [2.45, 2.75) is 32.3 Å². The molecule has 0 amide bonds. The summed E-state index contributed by atoms with van der Waals surface area (Å²) < 4.78 is 27.8. The molecule has 17 heavy (non-hydrogen) atoms. The maximum absolute atomic E-state index is 11.8. The van der Waals surface area contributed by atoms with E-state index >= 15 is 0 Å². The molecule has 1 rings (SSSR count). The lowest BCUT2D eigenvalue weighted by Crippen LogP contribution is -2.28. The molecule has 0 bridgehead atoms. The van der Waals surface area contributed by atoms with Crippen molar-refractivity contribution in [3.05, 3.63) is 12.0 Å². The summed E-state index contributed by atoms with van der Waals surface area (Å²) >= 11 is 0. The van der Waals surface area contributed by atoms with Crippen molar-refractivity contribution in [3.8, 4) is 6.07 Å². The van der Waals surface area contributed by atoms with E-state index in [1.54, 1.807) is 18.4 Å². The van der Waals surface area contributed by atoms with Crippen LogP contribution in [0.2, 0.25) is 0 Å². The quantitative estimate of drug-likeness (QED) is 0.837. The summed E-state index contributed by atoms with van der Waals surface area (Å²) in [5.74, 6) is 0.292. The number of hydrogen-bond donors (Lipinski definition) is 1. The molecule has 0 aliphatic heterocycles. The van der Waals surface area contributed by atoms with E-state index in [0.717, 1.165) is 0 Å². The number of aryl methyl sites for hydroxylation is 2. The van der Waals surface area contributed by atoms with Crippen LogP contribution in [0.4, 0.5) is 0 Å². The van der Waals surface area contributed by atoms with Gasteiger partial charge in [-0.05, 0) is 20.8 Å². The van der Waals surface area contributed by atoms with Crippen LogP contribution >= 0.6 is 0 Å². The molecule has 0 fully saturated rings. The number of nitriles is 1. The first kappa shape index (κ1) is 13.7. The Kier molecular flexibility index (Phi) is 4.26. The number of nitrogens with zero attached hydrogens (tertiary/aromatic N) is 3. The van der Waals surface area contributed by atoms with Gasteiger partial charge < -0.3 is 4.57 Å². The largest absolute Gasteiger partial charge is 0.334 e. The molecule has 6 nitrogen and oxygen atoms in total. The normalized spacial score (nSPS) is 13.3. The first-order chi connectivity index (χ1) is 7.90. The molecule has 0 saturated heterocycles. The minimum atomic E-state index is -3.61. The summed E-state index contributed by atoms with van der Waals surface area (Å²) in [5, 5.41) is 8.59. The molecule has 0 radical (unpaired) electrons. The van der Waals surface area contributed by atoms with Crippen molar-refractivity contribution < 1.29 is 8.42 Å². The molecule has 1 N–H and O–H groups in total. The Hall–Kier alpha value is -1.39. The van der Waals surface area contributed by atoms with Crippen molar-refractivity contribution in [2.24, 2.45) is 5.92 Å². The Morgan fingerprint density at radius 3 is 2.76 bits per heavy atom. The van der Waals surface area contributed by atoms with Crippen LogP contribution in [0.15, 0.2) is 11.2 Å². The molecule has 0 spiro atoms. The summed E-state index contributed by atoms with van der Waals surface area (Å²) in [6, 6.07) is 1.96. The average molecular weight is 256 g/mol. The zero-order valence-electron chi connectivity index (χ0n) is 10.1. The summed E-state index contributed by atoms with van der Waals surface area (Å²) in [7, 11) is -3.61. The van der Waals surface area contributed by atoms with E-state index in [4.69, 9.17) is 5.26 Å². The molecule has 1 heterocycles. The monoisotopic (exact) mass is 256 g/mol. The van der Waals surface area contributed by atoms with Crippen LogP contribution in [0.25, 0.3) is 0 Å². The highest BCUT2D eigenvalue weighted by Crippen LogP contribution is 2.09. The number of imidazole rings is 1. The molecular formula is C10H16N4O2S. The third kappa shape index (κ3) is 3.28. The van der Waals surface area contributed by atoms with Gasteiger partial charge in [0.05, 0.1) is 12.0 Å². The zero-order chi connectivity index (χ0) is 13.1. The standard InChI is InChI=1S/C10H16N4O2S/c1-4-14-7-10(13-9(14)3)17(15,16)12-6-8(2)5-11/h7-8,12H,4,6H2,1-3H3. The van der Waals surface area contributed by atoms with Gasteiger partial charge in [0.15, 0.2) is 5.03 Å².